The Morgan fingerprint density at radius 1 is 1.02 bits per heavy atom. The molecule has 244 valence electrons. The van der Waals surface area contributed by atoms with E-state index in [0.29, 0.717) is 38.7 Å². The lowest BCUT2D eigenvalue weighted by atomic mass is 9.69. The summed E-state index contributed by atoms with van der Waals surface area (Å²) in [5.41, 5.74) is 1.97. The van der Waals surface area contributed by atoms with Crippen LogP contribution >= 0.6 is 23.2 Å². The molecule has 2 aromatic carbocycles. The highest BCUT2D eigenvalue weighted by Crippen LogP contribution is 2.50. The van der Waals surface area contributed by atoms with Gasteiger partial charge in [0.05, 0.1) is 19.6 Å². The van der Waals surface area contributed by atoms with Crippen LogP contribution in [0.5, 0.6) is 0 Å². The fourth-order valence-electron chi connectivity index (χ4n) is 6.71. The Morgan fingerprint density at radius 2 is 1.62 bits per heavy atom. The van der Waals surface area contributed by atoms with Crippen LogP contribution in [0.2, 0.25) is 10.0 Å². The van der Waals surface area contributed by atoms with E-state index >= 15 is 0 Å². The van der Waals surface area contributed by atoms with E-state index in [1.807, 2.05) is 17.0 Å². The normalized spacial score (nSPS) is 21.6. The third kappa shape index (κ3) is 8.28. The molecular weight excluding hydrogens is 609 g/mol. The van der Waals surface area contributed by atoms with Crippen molar-refractivity contribution >= 4 is 46.7 Å². The molecule has 1 fully saturated rings. The van der Waals surface area contributed by atoms with Crippen LogP contribution in [0, 0.1) is 17.3 Å². The summed E-state index contributed by atoms with van der Waals surface area (Å²) in [4.78, 5) is 46.5. The van der Waals surface area contributed by atoms with Crippen molar-refractivity contribution in [1.82, 2.24) is 10.2 Å². The third-order valence-electron chi connectivity index (χ3n) is 9.30. The molecule has 1 N–H and O–H groups in total. The summed E-state index contributed by atoms with van der Waals surface area (Å²) in [5.74, 6) is 0.206. The number of hydrogen-bond donors (Lipinski definition) is 1. The van der Waals surface area contributed by atoms with Crippen molar-refractivity contribution in [2.24, 2.45) is 22.2 Å². The summed E-state index contributed by atoms with van der Waals surface area (Å²) in [6, 6.07) is 12.1. The molecule has 2 aliphatic rings. The lowest BCUT2D eigenvalue weighted by Gasteiger charge is -2.47. The number of aliphatic imine (C=N–C) groups is 1. The van der Waals surface area contributed by atoms with E-state index < -0.39 is 5.66 Å². The molecule has 1 spiro atoms. The topological polar surface area (TPSA) is 88.1 Å². The molecule has 2 unspecified atom stereocenters. The van der Waals surface area contributed by atoms with Gasteiger partial charge in [-0.3, -0.25) is 19.4 Å². The van der Waals surface area contributed by atoms with Crippen molar-refractivity contribution in [3.8, 4) is 0 Å². The minimum atomic E-state index is -0.677. The number of ether oxygens (including phenoxy) is 1. The van der Waals surface area contributed by atoms with Crippen LogP contribution < -0.4 is 5.32 Å². The Balaban J connectivity index is 1.71. The van der Waals surface area contributed by atoms with Crippen molar-refractivity contribution in [3.05, 3.63) is 69.2 Å². The second-order valence-electron chi connectivity index (χ2n) is 14.2. The highest BCUT2D eigenvalue weighted by molar-refractivity contribution is 6.47. The summed E-state index contributed by atoms with van der Waals surface area (Å²) >= 11 is 12.8. The first-order valence-corrected chi connectivity index (χ1v) is 16.8. The number of amides is 2. The van der Waals surface area contributed by atoms with Gasteiger partial charge in [0.15, 0.2) is 0 Å². The minimum Gasteiger partial charge on any atom is -0.469 e. The second kappa shape index (κ2) is 14.3. The van der Waals surface area contributed by atoms with Crippen LogP contribution in [-0.2, 0) is 14.3 Å². The quantitative estimate of drug-likeness (QED) is 0.260. The zero-order valence-corrected chi connectivity index (χ0v) is 29.1. The van der Waals surface area contributed by atoms with Crippen LogP contribution in [0.1, 0.15) is 114 Å². The standard InChI is InChI=1S/C36H47Cl2N3O4/c1-22(2)8-13-30(24-9-11-25(12-10-24)33(43)39-23(3)18-31(42)45-7)41-34(44)32(26-19-28(37)21-29(38)20-26)40-36(41)16-14-27(15-17-36)35(4,5)6/h9-12,19-23,27,30H,8,13-18H2,1-7H3,(H,39,43). The first kappa shape index (κ1) is 35.0. The van der Waals surface area contributed by atoms with Gasteiger partial charge in [0, 0.05) is 27.2 Å². The highest BCUT2D eigenvalue weighted by atomic mass is 35.5. The maximum Gasteiger partial charge on any atom is 0.307 e. The number of rotatable bonds is 10. The Labute approximate surface area is 278 Å². The minimum absolute atomic E-state index is 0.0903. The number of nitrogens with one attached hydrogen (secondary N) is 1. The van der Waals surface area contributed by atoms with Gasteiger partial charge in [-0.2, -0.15) is 0 Å². The Morgan fingerprint density at radius 3 is 2.16 bits per heavy atom. The van der Waals surface area contributed by atoms with Crippen LogP contribution in [0.3, 0.4) is 0 Å². The predicted octanol–water partition coefficient (Wildman–Crippen LogP) is 8.42. The summed E-state index contributed by atoms with van der Waals surface area (Å²) in [7, 11) is 1.33. The van der Waals surface area contributed by atoms with Gasteiger partial charge in [-0.25, -0.2) is 0 Å². The van der Waals surface area contributed by atoms with Crippen molar-refractivity contribution in [3.63, 3.8) is 0 Å². The van der Waals surface area contributed by atoms with Crippen molar-refractivity contribution in [1.29, 1.82) is 0 Å². The van der Waals surface area contributed by atoms with Gasteiger partial charge in [0.25, 0.3) is 11.8 Å². The molecule has 2 atom stereocenters. The number of carbonyl (C=O) groups excluding carboxylic acids is 3. The Bertz CT molecular complexity index is 1400. The molecule has 0 saturated heterocycles. The summed E-state index contributed by atoms with van der Waals surface area (Å²) < 4.78 is 4.72. The molecule has 9 heteroatoms. The van der Waals surface area contributed by atoms with Gasteiger partial charge in [-0.05, 0) is 98.6 Å². The van der Waals surface area contributed by atoms with E-state index in [2.05, 4.69) is 39.9 Å². The molecule has 1 saturated carbocycles. The van der Waals surface area contributed by atoms with Crippen molar-refractivity contribution in [2.45, 2.75) is 104 Å². The molecule has 45 heavy (non-hydrogen) atoms. The molecule has 0 radical (unpaired) electrons. The van der Waals surface area contributed by atoms with E-state index in [9.17, 15) is 14.4 Å². The lowest BCUT2D eigenvalue weighted by molar-refractivity contribution is -0.141. The number of halogens is 2. The first-order valence-electron chi connectivity index (χ1n) is 16.0. The fourth-order valence-corrected chi connectivity index (χ4v) is 7.23. The zero-order valence-electron chi connectivity index (χ0n) is 27.6. The van der Waals surface area contributed by atoms with E-state index in [1.165, 1.54) is 7.11 Å². The van der Waals surface area contributed by atoms with Crippen LogP contribution in [0.25, 0.3) is 0 Å². The highest BCUT2D eigenvalue weighted by Gasteiger charge is 2.52. The number of hydrogen-bond acceptors (Lipinski definition) is 5. The number of benzene rings is 2. The van der Waals surface area contributed by atoms with Gasteiger partial charge >= 0.3 is 5.97 Å². The lowest BCUT2D eigenvalue weighted by Crippen LogP contribution is -2.51. The van der Waals surface area contributed by atoms with Crippen LogP contribution in [0.4, 0.5) is 0 Å². The van der Waals surface area contributed by atoms with E-state index in [-0.39, 0.29) is 41.7 Å². The first-order chi connectivity index (χ1) is 21.1. The van der Waals surface area contributed by atoms with Gasteiger partial charge in [-0.1, -0.05) is 70.0 Å². The summed E-state index contributed by atoms with van der Waals surface area (Å²) in [6.07, 6.45) is 5.26. The van der Waals surface area contributed by atoms with Gasteiger partial charge < -0.3 is 15.0 Å². The molecule has 1 aliphatic heterocycles. The van der Waals surface area contributed by atoms with Gasteiger partial charge in [-0.15, -0.1) is 0 Å². The second-order valence-corrected chi connectivity index (χ2v) is 15.1. The third-order valence-corrected chi connectivity index (χ3v) is 9.74. The number of carbonyl (C=O) groups is 3. The van der Waals surface area contributed by atoms with Crippen LogP contribution in [-0.4, -0.2) is 47.2 Å². The van der Waals surface area contributed by atoms with E-state index in [4.69, 9.17) is 32.9 Å². The largest absolute Gasteiger partial charge is 0.469 e. The number of methoxy groups -OCH3 is 1. The SMILES string of the molecule is COC(=O)CC(C)NC(=O)c1ccc(C(CCC(C)C)N2C(=O)C(c3cc(Cl)cc(Cl)c3)=NC23CCC(C(C)(C)C)CC3)cc1. The van der Waals surface area contributed by atoms with E-state index in [1.54, 1.807) is 37.3 Å². The molecule has 4 rings (SSSR count). The Hall–Kier alpha value is -2.90. The molecule has 1 heterocycles. The maximum absolute atomic E-state index is 14.6. The molecular formula is C36H47Cl2N3O4. The molecule has 0 aromatic heterocycles. The molecule has 2 amide bonds. The fraction of sp³-hybridized carbons (Fsp3) is 0.556. The monoisotopic (exact) mass is 655 g/mol. The van der Waals surface area contributed by atoms with Crippen molar-refractivity contribution in [2.75, 3.05) is 7.11 Å². The number of nitrogens with zero attached hydrogens (tertiary/aromatic N) is 2. The van der Waals surface area contributed by atoms with Gasteiger partial charge in [0.1, 0.15) is 11.4 Å². The zero-order chi connectivity index (χ0) is 33.1. The number of esters is 1. The predicted molar refractivity (Wildman–Crippen MR) is 181 cm³/mol. The molecule has 0 bridgehead atoms. The van der Waals surface area contributed by atoms with Crippen LogP contribution in [0.15, 0.2) is 47.5 Å². The van der Waals surface area contributed by atoms with Crippen molar-refractivity contribution < 1.29 is 19.1 Å². The maximum atomic E-state index is 14.6. The van der Waals surface area contributed by atoms with Gasteiger partial charge in [0.2, 0.25) is 0 Å². The summed E-state index contributed by atoms with van der Waals surface area (Å²) in [5, 5.41) is 3.79. The smallest absolute Gasteiger partial charge is 0.307 e. The average Bonchev–Trinajstić information content (AvgIpc) is 3.23. The Kier molecular flexibility index (Phi) is 11.1. The molecule has 7 nitrogen and oxygen atoms in total. The molecule has 1 aliphatic carbocycles. The van der Waals surface area contributed by atoms with E-state index in [0.717, 1.165) is 44.1 Å². The average molecular weight is 657 g/mol. The summed E-state index contributed by atoms with van der Waals surface area (Å²) in [6.45, 7) is 13.0. The molecule has 2 aromatic rings.